The highest BCUT2D eigenvalue weighted by atomic mass is 31.3. The van der Waals surface area contributed by atoms with Crippen LogP contribution >= 0.6 is 23.5 Å². The number of phosphoric ester groups is 1. The Morgan fingerprint density at radius 3 is 2.43 bits per heavy atom. The maximum Gasteiger partial charge on any atom is 0.490 e. The summed E-state index contributed by atoms with van der Waals surface area (Å²) >= 11 is 0. The third-order valence-electron chi connectivity index (χ3n) is 3.40. The molecular formula is C10H18N5O12P3. The number of nitrogens with one attached hydrogen (secondary N) is 1. The molecule has 2 aromatic heterocycles. The van der Waals surface area contributed by atoms with Crippen molar-refractivity contribution in [1.29, 1.82) is 0 Å². The number of rotatable bonds is 11. The zero-order valence-electron chi connectivity index (χ0n) is 14.8. The minimum absolute atomic E-state index is 0.00848. The van der Waals surface area contributed by atoms with Gasteiger partial charge in [0.2, 0.25) is 5.95 Å². The van der Waals surface area contributed by atoms with Crippen molar-refractivity contribution >= 4 is 40.6 Å². The number of imidazole rings is 1. The number of anilines is 1. The molecule has 17 nitrogen and oxygen atoms in total. The fraction of sp³-hybridized carbons (Fsp3) is 0.500. The summed E-state index contributed by atoms with van der Waals surface area (Å²) in [5.41, 5.74) is 5.06. The Hall–Kier alpha value is -1.48. The summed E-state index contributed by atoms with van der Waals surface area (Å²) in [7, 11) is -16.3. The van der Waals surface area contributed by atoms with Crippen LogP contribution in [-0.2, 0) is 33.4 Å². The van der Waals surface area contributed by atoms with E-state index < -0.39 is 48.2 Å². The first-order valence-corrected chi connectivity index (χ1v) is 12.3. The molecule has 2 heterocycles. The van der Waals surface area contributed by atoms with Gasteiger partial charge in [0.25, 0.3) is 5.56 Å². The maximum atomic E-state index is 11.8. The lowest BCUT2D eigenvalue weighted by atomic mass is 10.1. The van der Waals surface area contributed by atoms with Crippen molar-refractivity contribution in [3.05, 3.63) is 16.7 Å². The van der Waals surface area contributed by atoms with Crippen molar-refractivity contribution < 1.29 is 51.5 Å². The molecule has 30 heavy (non-hydrogen) atoms. The molecule has 20 heteroatoms. The van der Waals surface area contributed by atoms with E-state index in [1.807, 2.05) is 0 Å². The van der Waals surface area contributed by atoms with Gasteiger partial charge >= 0.3 is 23.5 Å². The first kappa shape index (κ1) is 24.8. The molecule has 0 amide bonds. The van der Waals surface area contributed by atoms with Crippen molar-refractivity contribution in [2.75, 3.05) is 18.9 Å². The highest BCUT2D eigenvalue weighted by Gasteiger charge is 2.40. The molecule has 0 aliphatic heterocycles. The average molecular weight is 493 g/mol. The third-order valence-corrected chi connectivity index (χ3v) is 7.24. The number of aliphatic hydroxyl groups excluding tert-OH is 1. The molecule has 0 saturated heterocycles. The summed E-state index contributed by atoms with van der Waals surface area (Å²) in [6.45, 7) is -0.960. The van der Waals surface area contributed by atoms with Gasteiger partial charge in [0, 0.05) is 19.1 Å². The second-order valence-corrected chi connectivity index (χ2v) is 10.2. The van der Waals surface area contributed by atoms with Crippen molar-refractivity contribution in [2.24, 2.45) is 5.92 Å². The molecule has 2 aromatic rings. The highest BCUT2D eigenvalue weighted by Crippen LogP contribution is 2.66. The smallest absolute Gasteiger partial charge is 0.396 e. The summed E-state index contributed by atoms with van der Waals surface area (Å²) in [6, 6.07) is 0. The fourth-order valence-corrected chi connectivity index (χ4v) is 5.29. The van der Waals surface area contributed by atoms with Gasteiger partial charge in [0.15, 0.2) is 11.2 Å². The molecule has 0 radical (unpaired) electrons. The molecule has 0 spiro atoms. The number of aromatic amines is 1. The SMILES string of the molecule is Nc1nc2c(ncn2C[C@H](CO)CCOP(=O)(O)OP(=O)(O)OP(=O)(O)O)c(=O)[nH]1. The van der Waals surface area contributed by atoms with Gasteiger partial charge in [-0.15, -0.1) is 0 Å². The topological polar surface area (TPSA) is 270 Å². The summed E-state index contributed by atoms with van der Waals surface area (Å²) in [5.74, 6) is -0.764. The van der Waals surface area contributed by atoms with Crippen LogP contribution in [0.5, 0.6) is 0 Å². The van der Waals surface area contributed by atoms with Gasteiger partial charge in [-0.2, -0.15) is 13.6 Å². The molecule has 3 atom stereocenters. The van der Waals surface area contributed by atoms with Gasteiger partial charge < -0.3 is 35.0 Å². The molecule has 0 bridgehead atoms. The number of hydrogen-bond donors (Lipinski definition) is 7. The monoisotopic (exact) mass is 493 g/mol. The normalized spacial score (nSPS) is 17.5. The lowest BCUT2D eigenvalue weighted by molar-refractivity contribution is 0.144. The van der Waals surface area contributed by atoms with Crippen LogP contribution in [0.2, 0.25) is 0 Å². The number of phosphoric acid groups is 3. The van der Waals surface area contributed by atoms with Crippen molar-refractivity contribution in [2.45, 2.75) is 13.0 Å². The lowest BCUT2D eigenvalue weighted by Crippen LogP contribution is -2.18. The fourth-order valence-electron chi connectivity index (χ4n) is 2.26. The largest absolute Gasteiger partial charge is 0.490 e. The Morgan fingerprint density at radius 1 is 1.17 bits per heavy atom. The van der Waals surface area contributed by atoms with Crippen LogP contribution in [0.4, 0.5) is 5.95 Å². The second-order valence-electron chi connectivity index (χ2n) is 5.78. The van der Waals surface area contributed by atoms with Crippen LogP contribution in [0.3, 0.4) is 0 Å². The van der Waals surface area contributed by atoms with E-state index in [2.05, 4.69) is 28.1 Å². The number of aromatic nitrogens is 4. The van der Waals surface area contributed by atoms with Crippen LogP contribution in [0.15, 0.2) is 11.1 Å². The standard InChI is InChI=1S/C10H18N5O12P3/c11-10-13-8-7(9(17)14-10)12-5-15(8)3-6(4-16)1-2-25-29(21,22)27-30(23,24)26-28(18,19)20/h5-6,16H,1-4H2,(H,21,22)(H,23,24)(H2,18,19,20)(H3,11,13,14,17)/t6-/m1/s1. The predicted molar refractivity (Wildman–Crippen MR) is 97.6 cm³/mol. The molecule has 0 saturated carbocycles. The van der Waals surface area contributed by atoms with Gasteiger partial charge in [-0.25, -0.2) is 18.7 Å². The minimum Gasteiger partial charge on any atom is -0.396 e. The number of nitrogens with zero attached hydrogens (tertiary/aromatic N) is 3. The molecule has 0 fully saturated rings. The Bertz CT molecular complexity index is 1090. The molecule has 170 valence electrons. The molecular weight excluding hydrogens is 475 g/mol. The summed E-state index contributed by atoms with van der Waals surface area (Å²) in [5, 5.41) is 9.49. The first-order chi connectivity index (χ1) is 13.7. The van der Waals surface area contributed by atoms with Gasteiger partial charge in [-0.05, 0) is 6.42 Å². The van der Waals surface area contributed by atoms with Gasteiger partial charge in [0.1, 0.15) is 0 Å². The van der Waals surface area contributed by atoms with E-state index in [1.165, 1.54) is 10.9 Å². The number of nitrogens with two attached hydrogens (primary N) is 1. The number of H-pyrrole nitrogens is 1. The average Bonchev–Trinajstić information content (AvgIpc) is 2.93. The van der Waals surface area contributed by atoms with Gasteiger partial charge in [-0.1, -0.05) is 0 Å². The van der Waals surface area contributed by atoms with Crippen molar-refractivity contribution in [3.8, 4) is 0 Å². The number of nitrogen functional groups attached to an aromatic ring is 1. The van der Waals surface area contributed by atoms with E-state index in [0.717, 1.165) is 0 Å². The van der Waals surface area contributed by atoms with E-state index in [-0.39, 0.29) is 30.1 Å². The minimum atomic E-state index is -5.61. The Kier molecular flexibility index (Phi) is 7.72. The van der Waals surface area contributed by atoms with Crippen LogP contribution in [0.25, 0.3) is 11.2 Å². The Balaban J connectivity index is 1.98. The zero-order chi connectivity index (χ0) is 22.7. The summed E-state index contributed by atoms with van der Waals surface area (Å²) < 4.78 is 46.5. The van der Waals surface area contributed by atoms with Crippen LogP contribution in [0.1, 0.15) is 6.42 Å². The lowest BCUT2D eigenvalue weighted by Gasteiger charge is -2.18. The molecule has 8 N–H and O–H groups in total. The van der Waals surface area contributed by atoms with E-state index in [0.29, 0.717) is 0 Å². The van der Waals surface area contributed by atoms with Crippen LogP contribution in [0, 0.1) is 5.92 Å². The van der Waals surface area contributed by atoms with E-state index in [1.54, 1.807) is 0 Å². The van der Waals surface area contributed by atoms with Crippen molar-refractivity contribution in [3.63, 3.8) is 0 Å². The van der Waals surface area contributed by atoms with E-state index in [9.17, 15) is 28.5 Å². The zero-order valence-corrected chi connectivity index (χ0v) is 17.5. The molecule has 2 rings (SSSR count). The summed E-state index contributed by atoms with van der Waals surface area (Å²) in [4.78, 5) is 57.2. The second kappa shape index (κ2) is 9.34. The van der Waals surface area contributed by atoms with Gasteiger partial charge in [0.05, 0.1) is 12.9 Å². The van der Waals surface area contributed by atoms with Crippen molar-refractivity contribution in [1.82, 2.24) is 19.5 Å². The van der Waals surface area contributed by atoms with E-state index >= 15 is 0 Å². The Labute approximate surface area is 166 Å². The quantitative estimate of drug-likeness (QED) is 0.186. The predicted octanol–water partition coefficient (Wildman–Crippen LogP) is -0.956. The molecule has 0 aliphatic carbocycles. The van der Waals surface area contributed by atoms with E-state index in [4.69, 9.17) is 20.4 Å². The molecule has 0 aromatic carbocycles. The number of hydrogen-bond acceptors (Lipinski definition) is 11. The molecule has 0 aliphatic rings. The maximum absolute atomic E-state index is 11.8. The highest BCUT2D eigenvalue weighted by molar-refractivity contribution is 7.66. The third kappa shape index (κ3) is 7.34. The van der Waals surface area contributed by atoms with Crippen LogP contribution < -0.4 is 11.3 Å². The Morgan fingerprint density at radius 2 is 1.83 bits per heavy atom. The van der Waals surface area contributed by atoms with Crippen LogP contribution in [-0.4, -0.2) is 57.4 Å². The van der Waals surface area contributed by atoms with Gasteiger partial charge in [-0.3, -0.25) is 14.3 Å². The molecule has 2 unspecified atom stereocenters. The first-order valence-electron chi connectivity index (χ1n) is 7.81. The number of fused-ring (bicyclic) bond motifs is 1. The number of aliphatic hydroxyl groups is 1. The summed E-state index contributed by atoms with van der Waals surface area (Å²) in [6.07, 6.45) is 1.19.